The Bertz CT molecular complexity index is 1260. The molecule has 0 saturated carbocycles. The van der Waals surface area contributed by atoms with Crippen LogP contribution in [0, 0.1) is 6.92 Å². The normalized spacial score (nSPS) is 15.0. The largest absolute Gasteiger partial charge is 0.495 e. The summed E-state index contributed by atoms with van der Waals surface area (Å²) in [7, 11) is -2.47. The van der Waals surface area contributed by atoms with E-state index in [2.05, 4.69) is 10.0 Å². The van der Waals surface area contributed by atoms with Crippen LogP contribution in [-0.4, -0.2) is 34.1 Å². The van der Waals surface area contributed by atoms with Crippen molar-refractivity contribution in [2.45, 2.75) is 17.9 Å². The number of amides is 1. The number of aryl methyl sites for hydroxylation is 1. The smallest absolute Gasteiger partial charge is 0.269 e. The summed E-state index contributed by atoms with van der Waals surface area (Å²) >= 11 is 0. The van der Waals surface area contributed by atoms with Crippen molar-refractivity contribution in [2.24, 2.45) is 0 Å². The molecule has 0 aliphatic carbocycles. The number of benzene rings is 3. The van der Waals surface area contributed by atoms with Gasteiger partial charge in [-0.15, -0.1) is 0 Å². The predicted molar refractivity (Wildman–Crippen MR) is 120 cm³/mol. The SMILES string of the molecule is COc1ccccc1NS(=O)(=O)c1cc(NC(=O)[C@H]2COc3ccccc3O2)ccc1C. The fourth-order valence-corrected chi connectivity index (χ4v) is 4.61. The lowest BCUT2D eigenvalue weighted by Gasteiger charge is -2.25. The van der Waals surface area contributed by atoms with Crippen LogP contribution < -0.4 is 24.2 Å². The molecule has 8 nitrogen and oxygen atoms in total. The number of hydrogen-bond acceptors (Lipinski definition) is 6. The van der Waals surface area contributed by atoms with Gasteiger partial charge in [0.05, 0.1) is 17.7 Å². The molecule has 3 aromatic carbocycles. The van der Waals surface area contributed by atoms with Gasteiger partial charge in [-0.1, -0.05) is 30.3 Å². The summed E-state index contributed by atoms with van der Waals surface area (Å²) in [5, 5.41) is 2.71. The van der Waals surface area contributed by atoms with Crippen molar-refractivity contribution in [3.05, 3.63) is 72.3 Å². The highest BCUT2D eigenvalue weighted by molar-refractivity contribution is 7.92. The molecule has 1 heterocycles. The molecular weight excluding hydrogens is 432 g/mol. The van der Waals surface area contributed by atoms with Crippen LogP contribution in [0.25, 0.3) is 0 Å². The third-order valence-electron chi connectivity index (χ3n) is 4.90. The molecule has 0 bridgehead atoms. The zero-order chi connectivity index (χ0) is 22.7. The van der Waals surface area contributed by atoms with Gasteiger partial charge in [0.15, 0.2) is 11.5 Å². The van der Waals surface area contributed by atoms with E-state index in [9.17, 15) is 13.2 Å². The number of nitrogens with one attached hydrogen (secondary N) is 2. The summed E-state index contributed by atoms with van der Waals surface area (Å²) < 4.78 is 45.1. The first-order chi connectivity index (χ1) is 15.4. The molecule has 4 rings (SSSR count). The van der Waals surface area contributed by atoms with E-state index in [4.69, 9.17) is 14.2 Å². The Hall–Kier alpha value is -3.72. The number of carbonyl (C=O) groups excluding carboxylic acids is 1. The van der Waals surface area contributed by atoms with Crippen LogP contribution in [0.3, 0.4) is 0 Å². The molecule has 1 aliphatic rings. The van der Waals surface area contributed by atoms with Crippen LogP contribution in [0.2, 0.25) is 0 Å². The molecule has 0 unspecified atom stereocenters. The van der Waals surface area contributed by atoms with Crippen molar-refractivity contribution in [1.29, 1.82) is 0 Å². The Morgan fingerprint density at radius 2 is 1.75 bits per heavy atom. The number of sulfonamides is 1. The van der Waals surface area contributed by atoms with Gasteiger partial charge in [0.25, 0.3) is 15.9 Å². The molecule has 0 fully saturated rings. The summed E-state index contributed by atoms with van der Waals surface area (Å²) in [6, 6.07) is 18.5. The van der Waals surface area contributed by atoms with Crippen molar-refractivity contribution in [3.8, 4) is 17.2 Å². The zero-order valence-corrected chi connectivity index (χ0v) is 18.3. The maximum Gasteiger partial charge on any atom is 0.269 e. The predicted octanol–water partition coefficient (Wildman–Crippen LogP) is 3.58. The van der Waals surface area contributed by atoms with Gasteiger partial charge in [-0.2, -0.15) is 0 Å². The number of rotatable bonds is 6. The van der Waals surface area contributed by atoms with Crippen molar-refractivity contribution >= 4 is 27.3 Å². The van der Waals surface area contributed by atoms with Crippen molar-refractivity contribution in [3.63, 3.8) is 0 Å². The molecule has 0 spiro atoms. The molecule has 1 atom stereocenters. The highest BCUT2D eigenvalue weighted by Crippen LogP contribution is 2.32. The molecule has 0 aromatic heterocycles. The molecule has 1 amide bonds. The second kappa shape index (κ2) is 8.80. The van der Waals surface area contributed by atoms with E-state index in [-0.39, 0.29) is 11.5 Å². The number of para-hydroxylation sites is 4. The lowest BCUT2D eigenvalue weighted by atomic mass is 10.2. The standard InChI is InChI=1S/C23H22N2O6S/c1-15-11-12-16(24-23(26)21-14-30-19-9-5-6-10-20(19)31-21)13-22(15)32(27,28)25-17-7-3-4-8-18(17)29-2/h3-13,21,25H,14H2,1-2H3,(H,24,26)/t21-/m1/s1. The molecule has 0 radical (unpaired) electrons. The summed E-state index contributed by atoms with van der Waals surface area (Å²) in [4.78, 5) is 12.7. The lowest BCUT2D eigenvalue weighted by Crippen LogP contribution is -2.40. The number of anilines is 2. The first kappa shape index (κ1) is 21.5. The summed E-state index contributed by atoms with van der Waals surface area (Å²) in [6.45, 7) is 1.73. The van der Waals surface area contributed by atoms with Crippen LogP contribution in [-0.2, 0) is 14.8 Å². The van der Waals surface area contributed by atoms with Crippen LogP contribution in [0.15, 0.2) is 71.6 Å². The van der Waals surface area contributed by atoms with Gasteiger partial charge in [0.1, 0.15) is 12.4 Å². The van der Waals surface area contributed by atoms with Crippen molar-refractivity contribution in [2.75, 3.05) is 23.8 Å². The Balaban J connectivity index is 1.53. The third-order valence-corrected chi connectivity index (χ3v) is 6.41. The molecule has 9 heteroatoms. The van der Waals surface area contributed by atoms with Gasteiger partial charge in [-0.3, -0.25) is 9.52 Å². The van der Waals surface area contributed by atoms with Crippen molar-refractivity contribution in [1.82, 2.24) is 0 Å². The molecule has 1 aliphatic heterocycles. The topological polar surface area (TPSA) is 103 Å². The monoisotopic (exact) mass is 454 g/mol. The minimum Gasteiger partial charge on any atom is -0.495 e. The number of carbonyl (C=O) groups is 1. The lowest BCUT2D eigenvalue weighted by molar-refractivity contribution is -0.125. The van der Waals surface area contributed by atoms with Crippen LogP contribution in [0.5, 0.6) is 17.2 Å². The Kier molecular flexibility index (Phi) is 5.91. The molecule has 32 heavy (non-hydrogen) atoms. The number of fused-ring (bicyclic) bond motifs is 1. The third kappa shape index (κ3) is 4.47. The van der Waals surface area contributed by atoms with Gasteiger partial charge in [0.2, 0.25) is 6.10 Å². The second-order valence-corrected chi connectivity index (χ2v) is 8.79. The van der Waals surface area contributed by atoms with Gasteiger partial charge >= 0.3 is 0 Å². The van der Waals surface area contributed by atoms with E-state index >= 15 is 0 Å². The fourth-order valence-electron chi connectivity index (χ4n) is 3.27. The Morgan fingerprint density at radius 3 is 2.53 bits per heavy atom. The molecule has 2 N–H and O–H groups in total. The Labute approximate surface area is 186 Å². The van der Waals surface area contributed by atoms with E-state index in [1.54, 1.807) is 61.5 Å². The fraction of sp³-hybridized carbons (Fsp3) is 0.174. The molecule has 166 valence electrons. The quantitative estimate of drug-likeness (QED) is 0.590. The van der Waals surface area contributed by atoms with Crippen LogP contribution >= 0.6 is 0 Å². The van der Waals surface area contributed by atoms with Gasteiger partial charge in [-0.05, 0) is 48.9 Å². The summed E-state index contributed by atoms with van der Waals surface area (Å²) in [5.41, 5.74) is 1.16. The van der Waals surface area contributed by atoms with E-state index in [1.165, 1.54) is 13.2 Å². The second-order valence-electron chi connectivity index (χ2n) is 7.14. The van der Waals surface area contributed by atoms with Gasteiger partial charge < -0.3 is 19.5 Å². The van der Waals surface area contributed by atoms with Crippen LogP contribution in [0.1, 0.15) is 5.56 Å². The van der Waals surface area contributed by atoms with E-state index in [0.29, 0.717) is 34.2 Å². The van der Waals surface area contributed by atoms with E-state index in [1.807, 2.05) is 6.07 Å². The maximum absolute atomic E-state index is 13.0. The zero-order valence-electron chi connectivity index (χ0n) is 17.5. The first-order valence-electron chi connectivity index (χ1n) is 9.83. The number of hydrogen-bond donors (Lipinski definition) is 2. The molecule has 0 saturated heterocycles. The van der Waals surface area contributed by atoms with Crippen molar-refractivity contribution < 1.29 is 27.4 Å². The Morgan fingerprint density at radius 1 is 1.03 bits per heavy atom. The summed E-state index contributed by atoms with van der Waals surface area (Å²) in [5.74, 6) is 1.01. The molecule has 3 aromatic rings. The number of methoxy groups -OCH3 is 1. The molecular formula is C23H22N2O6S. The van der Waals surface area contributed by atoms with Gasteiger partial charge in [-0.25, -0.2) is 8.42 Å². The van der Waals surface area contributed by atoms with Crippen LogP contribution in [0.4, 0.5) is 11.4 Å². The maximum atomic E-state index is 13.0. The average molecular weight is 455 g/mol. The summed E-state index contributed by atoms with van der Waals surface area (Å²) in [6.07, 6.45) is -0.863. The average Bonchev–Trinajstić information content (AvgIpc) is 2.80. The first-order valence-corrected chi connectivity index (χ1v) is 11.3. The van der Waals surface area contributed by atoms with E-state index < -0.39 is 22.0 Å². The minimum absolute atomic E-state index is 0.0346. The minimum atomic E-state index is -3.94. The van der Waals surface area contributed by atoms with Gasteiger partial charge in [0, 0.05) is 5.69 Å². The number of ether oxygens (including phenoxy) is 3. The van der Waals surface area contributed by atoms with E-state index in [0.717, 1.165) is 0 Å². The highest BCUT2D eigenvalue weighted by atomic mass is 32.2. The highest BCUT2D eigenvalue weighted by Gasteiger charge is 2.28.